The summed E-state index contributed by atoms with van der Waals surface area (Å²) in [6.07, 6.45) is 3.73. The molecule has 1 saturated heterocycles. The summed E-state index contributed by atoms with van der Waals surface area (Å²) in [6.45, 7) is 1.39. The molecular weight excluding hydrogens is 254 g/mol. The molecule has 5 heteroatoms. The normalized spacial score (nSPS) is 16.8. The summed E-state index contributed by atoms with van der Waals surface area (Å²) >= 11 is 0. The third kappa shape index (κ3) is 4.01. The Morgan fingerprint density at radius 3 is 2.70 bits per heavy atom. The molecule has 0 saturated carbocycles. The second-order valence-corrected chi connectivity index (χ2v) is 4.40. The molecular formula is C15H15N3O2. The smallest absolute Gasteiger partial charge is 0.145 e. The Morgan fingerprint density at radius 1 is 1.35 bits per heavy atom. The van der Waals surface area contributed by atoms with E-state index in [2.05, 4.69) is 5.32 Å². The van der Waals surface area contributed by atoms with Crippen LogP contribution in [0, 0.1) is 22.7 Å². The fourth-order valence-electron chi connectivity index (χ4n) is 1.86. The van der Waals surface area contributed by atoms with Crippen LogP contribution in [0.2, 0.25) is 0 Å². The highest BCUT2D eigenvalue weighted by atomic mass is 16.5. The van der Waals surface area contributed by atoms with Gasteiger partial charge in [-0.05, 0) is 37.1 Å². The monoisotopic (exact) mass is 269 g/mol. The van der Waals surface area contributed by atoms with E-state index in [1.165, 1.54) is 6.20 Å². The van der Waals surface area contributed by atoms with Crippen LogP contribution in [0.4, 0.5) is 5.69 Å². The van der Waals surface area contributed by atoms with E-state index in [4.69, 9.17) is 20.0 Å². The van der Waals surface area contributed by atoms with Crippen LogP contribution >= 0.6 is 0 Å². The van der Waals surface area contributed by atoms with Gasteiger partial charge in [0.2, 0.25) is 0 Å². The number of anilines is 1. The Hall–Kier alpha value is -2.50. The number of benzene rings is 1. The molecule has 20 heavy (non-hydrogen) atoms. The van der Waals surface area contributed by atoms with Crippen LogP contribution in [-0.4, -0.2) is 19.3 Å². The molecule has 1 aliphatic heterocycles. The molecule has 1 heterocycles. The van der Waals surface area contributed by atoms with Gasteiger partial charge in [-0.3, -0.25) is 0 Å². The number of hydrogen-bond donors (Lipinski definition) is 1. The molecule has 1 aromatic rings. The highest BCUT2D eigenvalue weighted by Crippen LogP contribution is 2.18. The summed E-state index contributed by atoms with van der Waals surface area (Å²) in [5.74, 6) is 0.774. The second-order valence-electron chi connectivity index (χ2n) is 4.40. The molecule has 0 amide bonds. The van der Waals surface area contributed by atoms with Gasteiger partial charge in [0.15, 0.2) is 0 Å². The number of ether oxygens (including phenoxy) is 2. The highest BCUT2D eigenvalue weighted by Gasteiger charge is 2.15. The number of nitrogens with zero attached hydrogens (tertiary/aromatic N) is 2. The Labute approximate surface area is 118 Å². The maximum atomic E-state index is 8.61. The third-order valence-electron chi connectivity index (χ3n) is 2.94. The van der Waals surface area contributed by atoms with Gasteiger partial charge in [-0.1, -0.05) is 0 Å². The van der Waals surface area contributed by atoms with Gasteiger partial charge in [0, 0.05) is 18.5 Å². The standard InChI is InChI=1S/C15H15N3O2/c16-8-12(9-17)10-18-13-3-5-14(6-4-13)20-11-15-2-1-7-19-15/h3-6,10,15,18H,1-2,7,11H2. The van der Waals surface area contributed by atoms with Crippen molar-refractivity contribution in [3.05, 3.63) is 36.0 Å². The fourth-order valence-corrected chi connectivity index (χ4v) is 1.86. The molecule has 0 aliphatic carbocycles. The first-order valence-corrected chi connectivity index (χ1v) is 6.43. The molecule has 1 N–H and O–H groups in total. The summed E-state index contributed by atoms with van der Waals surface area (Å²) in [6, 6.07) is 10.9. The Morgan fingerprint density at radius 2 is 2.10 bits per heavy atom. The van der Waals surface area contributed by atoms with Crippen molar-refractivity contribution < 1.29 is 9.47 Å². The zero-order valence-corrected chi connectivity index (χ0v) is 11.0. The largest absolute Gasteiger partial charge is 0.491 e. The molecule has 5 nitrogen and oxygen atoms in total. The summed E-state index contributed by atoms with van der Waals surface area (Å²) in [7, 11) is 0. The van der Waals surface area contributed by atoms with Crippen LogP contribution in [0.25, 0.3) is 0 Å². The van der Waals surface area contributed by atoms with Crippen molar-refractivity contribution in [3.8, 4) is 17.9 Å². The van der Waals surface area contributed by atoms with Gasteiger partial charge >= 0.3 is 0 Å². The van der Waals surface area contributed by atoms with Crippen LogP contribution in [0.5, 0.6) is 5.75 Å². The Balaban J connectivity index is 1.85. The van der Waals surface area contributed by atoms with E-state index in [1.54, 1.807) is 12.1 Å². The topological polar surface area (TPSA) is 78.1 Å². The van der Waals surface area contributed by atoms with Crippen LogP contribution in [-0.2, 0) is 4.74 Å². The highest BCUT2D eigenvalue weighted by molar-refractivity contribution is 5.51. The Kier molecular flexibility index (Phi) is 5.00. The molecule has 0 radical (unpaired) electrons. The summed E-state index contributed by atoms with van der Waals surface area (Å²) < 4.78 is 11.1. The first-order valence-electron chi connectivity index (χ1n) is 6.43. The molecule has 1 aliphatic rings. The number of rotatable bonds is 5. The van der Waals surface area contributed by atoms with Gasteiger partial charge in [-0.2, -0.15) is 10.5 Å². The second kappa shape index (κ2) is 7.18. The molecule has 1 unspecified atom stereocenters. The van der Waals surface area contributed by atoms with Crippen molar-refractivity contribution in [2.45, 2.75) is 18.9 Å². The van der Waals surface area contributed by atoms with E-state index in [-0.39, 0.29) is 11.7 Å². The number of hydrogen-bond acceptors (Lipinski definition) is 5. The lowest BCUT2D eigenvalue weighted by Gasteiger charge is -2.11. The van der Waals surface area contributed by atoms with Crippen LogP contribution < -0.4 is 10.1 Å². The Bertz CT molecular complexity index is 530. The lowest BCUT2D eigenvalue weighted by Crippen LogP contribution is -2.16. The predicted octanol–water partition coefficient (Wildman–Crippen LogP) is 2.59. The van der Waals surface area contributed by atoms with Crippen molar-refractivity contribution in [1.82, 2.24) is 0 Å². The van der Waals surface area contributed by atoms with Crippen LogP contribution in [0.3, 0.4) is 0 Å². The maximum absolute atomic E-state index is 8.61. The molecule has 1 atom stereocenters. The minimum atomic E-state index is 0.0312. The minimum Gasteiger partial charge on any atom is -0.491 e. The number of allylic oxidation sites excluding steroid dienone is 1. The van der Waals surface area contributed by atoms with Crippen molar-refractivity contribution in [1.29, 1.82) is 10.5 Å². The van der Waals surface area contributed by atoms with Crippen LogP contribution in [0.15, 0.2) is 36.0 Å². The maximum Gasteiger partial charge on any atom is 0.145 e. The molecule has 0 aromatic heterocycles. The fraction of sp³-hybridized carbons (Fsp3) is 0.333. The van der Waals surface area contributed by atoms with E-state index in [1.807, 2.05) is 24.3 Å². The van der Waals surface area contributed by atoms with Crippen molar-refractivity contribution in [2.24, 2.45) is 0 Å². The van der Waals surface area contributed by atoms with Gasteiger partial charge in [0.05, 0.1) is 6.10 Å². The first kappa shape index (κ1) is 13.9. The lowest BCUT2D eigenvalue weighted by atomic mass is 10.2. The SMILES string of the molecule is N#CC(C#N)=CNc1ccc(OCC2CCCO2)cc1. The number of nitrogens with one attached hydrogen (secondary N) is 1. The van der Waals surface area contributed by atoms with Gasteiger partial charge in [0.25, 0.3) is 0 Å². The molecule has 2 rings (SSSR count). The van der Waals surface area contributed by atoms with Crippen molar-refractivity contribution in [3.63, 3.8) is 0 Å². The average Bonchev–Trinajstić information content (AvgIpc) is 3.01. The van der Waals surface area contributed by atoms with E-state index in [0.29, 0.717) is 6.61 Å². The van der Waals surface area contributed by atoms with Crippen molar-refractivity contribution in [2.75, 3.05) is 18.5 Å². The third-order valence-corrected chi connectivity index (χ3v) is 2.94. The summed E-state index contributed by atoms with van der Waals surface area (Å²) in [5.41, 5.74) is 0.821. The minimum absolute atomic E-state index is 0.0312. The molecule has 0 spiro atoms. The number of nitriles is 2. The molecule has 0 bridgehead atoms. The van der Waals surface area contributed by atoms with Gasteiger partial charge in [0.1, 0.15) is 30.1 Å². The lowest BCUT2D eigenvalue weighted by molar-refractivity contribution is 0.0679. The average molecular weight is 269 g/mol. The van der Waals surface area contributed by atoms with Crippen molar-refractivity contribution >= 4 is 5.69 Å². The first-order chi connectivity index (χ1) is 9.81. The van der Waals surface area contributed by atoms with Crippen LogP contribution in [0.1, 0.15) is 12.8 Å². The summed E-state index contributed by atoms with van der Waals surface area (Å²) in [5, 5.41) is 20.1. The molecule has 102 valence electrons. The summed E-state index contributed by atoms with van der Waals surface area (Å²) in [4.78, 5) is 0. The molecule has 1 aromatic carbocycles. The van der Waals surface area contributed by atoms with E-state index in [9.17, 15) is 0 Å². The predicted molar refractivity (Wildman–Crippen MR) is 73.8 cm³/mol. The zero-order valence-electron chi connectivity index (χ0n) is 11.0. The van der Waals surface area contributed by atoms with Gasteiger partial charge in [-0.25, -0.2) is 0 Å². The zero-order chi connectivity index (χ0) is 14.2. The van der Waals surface area contributed by atoms with Gasteiger partial charge in [-0.15, -0.1) is 0 Å². The van der Waals surface area contributed by atoms with E-state index in [0.717, 1.165) is 30.9 Å². The molecule has 1 fully saturated rings. The van der Waals surface area contributed by atoms with Gasteiger partial charge < -0.3 is 14.8 Å². The van der Waals surface area contributed by atoms with E-state index < -0.39 is 0 Å². The quantitative estimate of drug-likeness (QED) is 0.831. The van der Waals surface area contributed by atoms with E-state index >= 15 is 0 Å².